The summed E-state index contributed by atoms with van der Waals surface area (Å²) in [7, 11) is 0. The molecular weight excluding hydrogens is 232 g/mol. The van der Waals surface area contributed by atoms with Gasteiger partial charge in [0.25, 0.3) is 0 Å². The highest BCUT2D eigenvalue weighted by molar-refractivity contribution is 5.83. The number of nitrogens with zero attached hydrogens (tertiary/aromatic N) is 2. The largest absolute Gasteiger partial charge is 0.356 e. The Labute approximate surface area is 106 Å². The van der Waals surface area contributed by atoms with Crippen molar-refractivity contribution in [2.45, 2.75) is 25.8 Å². The van der Waals surface area contributed by atoms with Crippen LogP contribution in [0.4, 0.5) is 0 Å². The molecule has 18 heavy (non-hydrogen) atoms. The highest BCUT2D eigenvalue weighted by Gasteiger charge is 2.23. The number of rotatable bonds is 5. The molecule has 1 fully saturated rings. The molecule has 2 heterocycles. The Bertz CT molecular complexity index is 392. The molecule has 0 radical (unpaired) electrons. The SMILES string of the molecule is O=C1CC[C@H](C(=O)NCCCn2cccn2)CN1. The zero-order valence-corrected chi connectivity index (χ0v) is 10.3. The van der Waals surface area contributed by atoms with Gasteiger partial charge < -0.3 is 10.6 Å². The number of nitrogens with one attached hydrogen (secondary N) is 2. The number of hydrogen-bond acceptors (Lipinski definition) is 3. The summed E-state index contributed by atoms with van der Waals surface area (Å²) in [5.74, 6) is 0.000556. The molecule has 2 rings (SSSR count). The van der Waals surface area contributed by atoms with Crippen LogP contribution >= 0.6 is 0 Å². The number of aromatic nitrogens is 2. The molecular formula is C12H18N4O2. The van der Waals surface area contributed by atoms with E-state index in [1.807, 2.05) is 16.9 Å². The average Bonchev–Trinajstić information content (AvgIpc) is 2.88. The minimum absolute atomic E-state index is 0.0375. The molecule has 1 aromatic heterocycles. The molecule has 0 spiro atoms. The number of piperidine rings is 1. The Kier molecular flexibility index (Phi) is 4.33. The van der Waals surface area contributed by atoms with E-state index in [0.717, 1.165) is 13.0 Å². The van der Waals surface area contributed by atoms with Gasteiger partial charge in [0.15, 0.2) is 0 Å². The van der Waals surface area contributed by atoms with Crippen LogP contribution in [-0.2, 0) is 16.1 Å². The lowest BCUT2D eigenvalue weighted by Crippen LogP contribution is -2.43. The summed E-state index contributed by atoms with van der Waals surface area (Å²) < 4.78 is 1.84. The van der Waals surface area contributed by atoms with E-state index in [0.29, 0.717) is 25.9 Å². The van der Waals surface area contributed by atoms with Gasteiger partial charge in [0.2, 0.25) is 11.8 Å². The van der Waals surface area contributed by atoms with Crippen molar-refractivity contribution in [1.82, 2.24) is 20.4 Å². The van der Waals surface area contributed by atoms with Crippen molar-refractivity contribution in [2.24, 2.45) is 5.92 Å². The minimum Gasteiger partial charge on any atom is -0.356 e. The Morgan fingerprint density at radius 3 is 3.17 bits per heavy atom. The third-order valence-corrected chi connectivity index (χ3v) is 3.06. The molecule has 6 heteroatoms. The Morgan fingerprint density at radius 1 is 1.61 bits per heavy atom. The average molecular weight is 250 g/mol. The van der Waals surface area contributed by atoms with Gasteiger partial charge in [-0.15, -0.1) is 0 Å². The first-order valence-corrected chi connectivity index (χ1v) is 6.27. The van der Waals surface area contributed by atoms with E-state index in [4.69, 9.17) is 0 Å². The van der Waals surface area contributed by atoms with Crippen molar-refractivity contribution in [3.8, 4) is 0 Å². The van der Waals surface area contributed by atoms with Crippen LogP contribution in [0.3, 0.4) is 0 Å². The van der Waals surface area contributed by atoms with Crippen LogP contribution in [0.5, 0.6) is 0 Å². The molecule has 0 bridgehead atoms. The summed E-state index contributed by atoms with van der Waals surface area (Å²) in [6.45, 7) is 1.90. The Morgan fingerprint density at radius 2 is 2.50 bits per heavy atom. The second-order valence-electron chi connectivity index (χ2n) is 4.45. The topological polar surface area (TPSA) is 76.0 Å². The van der Waals surface area contributed by atoms with Gasteiger partial charge in [-0.25, -0.2) is 0 Å². The molecule has 0 aromatic carbocycles. The molecule has 1 aromatic rings. The summed E-state index contributed by atoms with van der Waals surface area (Å²) in [6, 6.07) is 1.88. The van der Waals surface area contributed by atoms with Crippen LogP contribution in [0.15, 0.2) is 18.5 Å². The van der Waals surface area contributed by atoms with Crippen LogP contribution in [0.2, 0.25) is 0 Å². The summed E-state index contributed by atoms with van der Waals surface area (Å²) in [4.78, 5) is 22.8. The van der Waals surface area contributed by atoms with Gasteiger partial charge in [-0.2, -0.15) is 5.10 Å². The summed E-state index contributed by atoms with van der Waals surface area (Å²) in [5, 5.41) is 9.70. The van der Waals surface area contributed by atoms with E-state index < -0.39 is 0 Å². The highest BCUT2D eigenvalue weighted by Crippen LogP contribution is 2.10. The van der Waals surface area contributed by atoms with E-state index in [9.17, 15) is 9.59 Å². The van der Waals surface area contributed by atoms with Gasteiger partial charge in [0, 0.05) is 38.4 Å². The zero-order chi connectivity index (χ0) is 12.8. The van der Waals surface area contributed by atoms with Crippen molar-refractivity contribution in [3.05, 3.63) is 18.5 Å². The van der Waals surface area contributed by atoms with E-state index in [-0.39, 0.29) is 17.7 Å². The first-order valence-electron chi connectivity index (χ1n) is 6.27. The van der Waals surface area contributed by atoms with E-state index in [1.54, 1.807) is 6.20 Å². The van der Waals surface area contributed by atoms with Gasteiger partial charge >= 0.3 is 0 Å². The zero-order valence-electron chi connectivity index (χ0n) is 10.3. The maximum absolute atomic E-state index is 11.8. The highest BCUT2D eigenvalue weighted by atomic mass is 16.2. The molecule has 2 N–H and O–H groups in total. The predicted molar refractivity (Wildman–Crippen MR) is 65.6 cm³/mol. The summed E-state index contributed by atoms with van der Waals surface area (Å²) >= 11 is 0. The lowest BCUT2D eigenvalue weighted by molar-refractivity contribution is -0.128. The molecule has 1 saturated heterocycles. The maximum atomic E-state index is 11.8. The third-order valence-electron chi connectivity index (χ3n) is 3.06. The quantitative estimate of drug-likeness (QED) is 0.717. The monoisotopic (exact) mass is 250 g/mol. The third kappa shape index (κ3) is 3.58. The number of amides is 2. The van der Waals surface area contributed by atoms with Crippen LogP contribution in [-0.4, -0.2) is 34.7 Å². The molecule has 2 amide bonds. The van der Waals surface area contributed by atoms with Crippen LogP contribution in [0.1, 0.15) is 19.3 Å². The molecule has 1 atom stereocenters. The second kappa shape index (κ2) is 6.18. The molecule has 0 unspecified atom stereocenters. The first kappa shape index (κ1) is 12.6. The minimum atomic E-state index is -0.0765. The van der Waals surface area contributed by atoms with Crippen molar-refractivity contribution in [1.29, 1.82) is 0 Å². The number of aryl methyl sites for hydroxylation is 1. The van der Waals surface area contributed by atoms with Gasteiger partial charge in [-0.05, 0) is 18.9 Å². The van der Waals surface area contributed by atoms with E-state index in [2.05, 4.69) is 15.7 Å². The van der Waals surface area contributed by atoms with E-state index in [1.165, 1.54) is 0 Å². The van der Waals surface area contributed by atoms with Gasteiger partial charge in [0.1, 0.15) is 0 Å². The molecule has 0 saturated carbocycles. The van der Waals surface area contributed by atoms with Crippen molar-refractivity contribution >= 4 is 11.8 Å². The van der Waals surface area contributed by atoms with Crippen molar-refractivity contribution in [2.75, 3.05) is 13.1 Å². The van der Waals surface area contributed by atoms with Gasteiger partial charge in [-0.1, -0.05) is 0 Å². The first-order chi connectivity index (χ1) is 8.75. The van der Waals surface area contributed by atoms with Crippen LogP contribution in [0.25, 0.3) is 0 Å². The standard InChI is InChI=1S/C12H18N4O2/c17-11-4-3-10(9-14-11)12(18)13-5-1-7-16-8-2-6-15-16/h2,6,8,10H,1,3-5,7,9H2,(H,13,18)(H,14,17)/t10-/m0/s1. The van der Waals surface area contributed by atoms with E-state index >= 15 is 0 Å². The lowest BCUT2D eigenvalue weighted by atomic mass is 9.98. The molecule has 1 aliphatic heterocycles. The normalized spacial score (nSPS) is 19.3. The molecule has 6 nitrogen and oxygen atoms in total. The second-order valence-corrected chi connectivity index (χ2v) is 4.45. The maximum Gasteiger partial charge on any atom is 0.224 e. The molecule has 0 aliphatic carbocycles. The number of hydrogen-bond donors (Lipinski definition) is 2. The Hall–Kier alpha value is -1.85. The summed E-state index contributed by atoms with van der Waals surface area (Å²) in [5.41, 5.74) is 0. The van der Waals surface area contributed by atoms with Crippen molar-refractivity contribution < 1.29 is 9.59 Å². The Balaban J connectivity index is 1.61. The fourth-order valence-electron chi connectivity index (χ4n) is 1.99. The summed E-state index contributed by atoms with van der Waals surface area (Å²) in [6.07, 6.45) is 5.59. The smallest absolute Gasteiger partial charge is 0.224 e. The van der Waals surface area contributed by atoms with Gasteiger partial charge in [-0.3, -0.25) is 14.3 Å². The van der Waals surface area contributed by atoms with Gasteiger partial charge in [0.05, 0.1) is 5.92 Å². The van der Waals surface area contributed by atoms with Crippen LogP contribution < -0.4 is 10.6 Å². The number of carbonyl (C=O) groups is 2. The molecule has 98 valence electrons. The van der Waals surface area contributed by atoms with Crippen molar-refractivity contribution in [3.63, 3.8) is 0 Å². The fraction of sp³-hybridized carbons (Fsp3) is 0.583. The number of carbonyl (C=O) groups excluding carboxylic acids is 2. The van der Waals surface area contributed by atoms with Crippen LogP contribution in [0, 0.1) is 5.92 Å². The fourth-order valence-corrected chi connectivity index (χ4v) is 1.99. The predicted octanol–water partition coefficient (Wildman–Crippen LogP) is -0.0844. The lowest BCUT2D eigenvalue weighted by Gasteiger charge is -2.21. The molecule has 1 aliphatic rings.